The van der Waals surface area contributed by atoms with Crippen molar-refractivity contribution in [1.82, 2.24) is 30.3 Å². The van der Waals surface area contributed by atoms with E-state index in [0.717, 1.165) is 76.4 Å². The van der Waals surface area contributed by atoms with Crippen molar-refractivity contribution in [3.05, 3.63) is 11.6 Å². The minimum atomic E-state index is 0.301. The third-order valence-corrected chi connectivity index (χ3v) is 5.03. The van der Waals surface area contributed by atoms with E-state index in [4.69, 9.17) is 9.47 Å². The van der Waals surface area contributed by atoms with Gasteiger partial charge in [-0.25, -0.2) is 9.67 Å². The third kappa shape index (κ3) is 5.88. The van der Waals surface area contributed by atoms with Crippen LogP contribution in [0.25, 0.3) is 0 Å². The normalized spacial score (nSPS) is 22.3. The summed E-state index contributed by atoms with van der Waals surface area (Å²) in [5.41, 5.74) is 0. The SMILES string of the molecule is CN=C(NCC(C)CN1CCOCC1)NC1CCc2nc(COC)nn2C1. The Bertz CT molecular complexity index is 613. The molecule has 1 aromatic rings. The van der Waals surface area contributed by atoms with E-state index in [1.165, 1.54) is 0 Å². The number of nitrogens with zero attached hydrogens (tertiary/aromatic N) is 5. The zero-order valence-corrected chi connectivity index (χ0v) is 16.8. The highest BCUT2D eigenvalue weighted by atomic mass is 16.5. The van der Waals surface area contributed by atoms with Gasteiger partial charge in [0.2, 0.25) is 0 Å². The van der Waals surface area contributed by atoms with Gasteiger partial charge in [0, 0.05) is 52.8 Å². The Labute approximate surface area is 161 Å². The first-order valence-corrected chi connectivity index (χ1v) is 9.86. The Morgan fingerprint density at radius 1 is 1.41 bits per heavy atom. The first kappa shape index (κ1) is 20.0. The van der Waals surface area contributed by atoms with Crippen LogP contribution in [-0.4, -0.2) is 85.2 Å². The molecule has 9 heteroatoms. The van der Waals surface area contributed by atoms with Crippen LogP contribution >= 0.6 is 0 Å². The van der Waals surface area contributed by atoms with Crippen LogP contribution in [0.5, 0.6) is 0 Å². The van der Waals surface area contributed by atoms with Crippen LogP contribution in [-0.2, 0) is 29.0 Å². The quantitative estimate of drug-likeness (QED) is 0.504. The highest BCUT2D eigenvalue weighted by molar-refractivity contribution is 5.79. The second kappa shape index (κ2) is 10.0. The first-order chi connectivity index (χ1) is 13.2. The van der Waals surface area contributed by atoms with Crippen molar-refractivity contribution < 1.29 is 9.47 Å². The van der Waals surface area contributed by atoms with Crippen LogP contribution in [0.1, 0.15) is 25.0 Å². The molecule has 0 saturated carbocycles. The van der Waals surface area contributed by atoms with E-state index in [-0.39, 0.29) is 0 Å². The van der Waals surface area contributed by atoms with Crippen LogP contribution in [0.4, 0.5) is 0 Å². The number of aromatic nitrogens is 3. The van der Waals surface area contributed by atoms with E-state index in [9.17, 15) is 0 Å². The van der Waals surface area contributed by atoms with Crippen molar-refractivity contribution in [1.29, 1.82) is 0 Å². The van der Waals surface area contributed by atoms with Crippen molar-refractivity contribution in [2.24, 2.45) is 10.9 Å². The monoisotopic (exact) mass is 379 g/mol. The Morgan fingerprint density at radius 2 is 2.22 bits per heavy atom. The number of hydrogen-bond donors (Lipinski definition) is 2. The van der Waals surface area contributed by atoms with Gasteiger partial charge in [-0.2, -0.15) is 5.10 Å². The summed E-state index contributed by atoms with van der Waals surface area (Å²) in [7, 11) is 3.49. The summed E-state index contributed by atoms with van der Waals surface area (Å²) in [6, 6.07) is 0.301. The van der Waals surface area contributed by atoms with E-state index in [2.05, 4.69) is 37.5 Å². The fourth-order valence-corrected chi connectivity index (χ4v) is 3.62. The van der Waals surface area contributed by atoms with Gasteiger partial charge < -0.3 is 20.1 Å². The summed E-state index contributed by atoms with van der Waals surface area (Å²) in [5.74, 6) is 3.20. The predicted octanol–water partition coefficient (Wildman–Crippen LogP) is -0.127. The molecule has 3 heterocycles. The molecule has 1 fully saturated rings. The van der Waals surface area contributed by atoms with Gasteiger partial charge in [-0.1, -0.05) is 6.92 Å². The molecule has 0 radical (unpaired) electrons. The van der Waals surface area contributed by atoms with Gasteiger partial charge in [0.05, 0.1) is 19.8 Å². The molecule has 0 bridgehead atoms. The lowest BCUT2D eigenvalue weighted by Crippen LogP contribution is -2.49. The van der Waals surface area contributed by atoms with Crippen LogP contribution in [0.15, 0.2) is 4.99 Å². The molecule has 0 aliphatic carbocycles. The molecule has 27 heavy (non-hydrogen) atoms. The number of rotatable bonds is 7. The molecule has 152 valence electrons. The first-order valence-electron chi connectivity index (χ1n) is 9.86. The topological polar surface area (TPSA) is 88.8 Å². The molecule has 2 atom stereocenters. The molecule has 0 spiro atoms. The van der Waals surface area contributed by atoms with E-state index in [0.29, 0.717) is 18.6 Å². The molecule has 1 aromatic heterocycles. The lowest BCUT2D eigenvalue weighted by atomic mass is 10.1. The minimum absolute atomic E-state index is 0.301. The molecule has 9 nitrogen and oxygen atoms in total. The average Bonchev–Trinajstić information content (AvgIpc) is 3.08. The maximum Gasteiger partial charge on any atom is 0.191 e. The minimum Gasteiger partial charge on any atom is -0.379 e. The fraction of sp³-hybridized carbons (Fsp3) is 0.833. The number of ether oxygens (including phenoxy) is 2. The molecule has 0 amide bonds. The predicted molar refractivity (Wildman–Crippen MR) is 104 cm³/mol. The summed E-state index contributed by atoms with van der Waals surface area (Å²) in [5, 5.41) is 11.5. The summed E-state index contributed by atoms with van der Waals surface area (Å²) >= 11 is 0. The summed E-state index contributed by atoms with van der Waals surface area (Å²) in [4.78, 5) is 11.4. The smallest absolute Gasteiger partial charge is 0.191 e. The standard InChI is InChI=1S/C18H33N7O2/c1-14(11-24-6-8-27-9-7-24)10-20-18(19-2)21-15-4-5-17-22-16(13-26-3)23-25(17)12-15/h14-15H,4-13H2,1-3H3,(H2,19,20,21). The average molecular weight is 380 g/mol. The lowest BCUT2D eigenvalue weighted by Gasteiger charge is -2.30. The summed E-state index contributed by atoms with van der Waals surface area (Å²) < 4.78 is 12.5. The Hall–Kier alpha value is -1.71. The number of morpholine rings is 1. The van der Waals surface area contributed by atoms with Crippen LogP contribution in [0.2, 0.25) is 0 Å². The number of aryl methyl sites for hydroxylation is 1. The number of aliphatic imine (C=N–C) groups is 1. The lowest BCUT2D eigenvalue weighted by molar-refractivity contribution is 0.0320. The number of fused-ring (bicyclic) bond motifs is 1. The van der Waals surface area contributed by atoms with Crippen molar-refractivity contribution in [3.8, 4) is 0 Å². The van der Waals surface area contributed by atoms with Gasteiger partial charge in [-0.15, -0.1) is 0 Å². The number of nitrogens with one attached hydrogen (secondary N) is 2. The van der Waals surface area contributed by atoms with E-state index < -0.39 is 0 Å². The van der Waals surface area contributed by atoms with Gasteiger partial charge in [0.1, 0.15) is 12.4 Å². The van der Waals surface area contributed by atoms with E-state index >= 15 is 0 Å². The van der Waals surface area contributed by atoms with E-state index in [1.54, 1.807) is 7.11 Å². The second-order valence-corrected chi connectivity index (χ2v) is 7.41. The largest absolute Gasteiger partial charge is 0.379 e. The number of guanidine groups is 1. The van der Waals surface area contributed by atoms with Crippen molar-refractivity contribution in [2.75, 3.05) is 53.6 Å². The van der Waals surface area contributed by atoms with Crippen molar-refractivity contribution in [3.63, 3.8) is 0 Å². The second-order valence-electron chi connectivity index (χ2n) is 7.41. The Morgan fingerprint density at radius 3 is 2.96 bits per heavy atom. The fourth-order valence-electron chi connectivity index (χ4n) is 3.62. The molecule has 2 N–H and O–H groups in total. The highest BCUT2D eigenvalue weighted by Crippen LogP contribution is 2.13. The van der Waals surface area contributed by atoms with Gasteiger partial charge in [-0.3, -0.25) is 9.89 Å². The van der Waals surface area contributed by atoms with Gasteiger partial charge in [0.25, 0.3) is 0 Å². The van der Waals surface area contributed by atoms with E-state index in [1.807, 2.05) is 11.7 Å². The summed E-state index contributed by atoms with van der Waals surface area (Å²) in [6.45, 7) is 9.28. The molecular weight excluding hydrogens is 346 g/mol. The zero-order valence-electron chi connectivity index (χ0n) is 16.8. The molecule has 3 rings (SSSR count). The molecule has 2 aliphatic heterocycles. The zero-order chi connectivity index (χ0) is 19.1. The van der Waals surface area contributed by atoms with Crippen LogP contribution in [0, 0.1) is 5.92 Å². The number of methoxy groups -OCH3 is 1. The maximum absolute atomic E-state index is 5.42. The van der Waals surface area contributed by atoms with Crippen LogP contribution < -0.4 is 10.6 Å². The van der Waals surface area contributed by atoms with Gasteiger partial charge >= 0.3 is 0 Å². The van der Waals surface area contributed by atoms with Gasteiger partial charge in [0.15, 0.2) is 11.8 Å². The molecular formula is C18H33N7O2. The van der Waals surface area contributed by atoms with Crippen molar-refractivity contribution in [2.45, 2.75) is 39.0 Å². The summed E-state index contributed by atoms with van der Waals surface area (Å²) in [6.07, 6.45) is 1.94. The Balaban J connectivity index is 1.43. The maximum atomic E-state index is 5.42. The molecule has 2 unspecified atom stereocenters. The van der Waals surface area contributed by atoms with Crippen LogP contribution in [0.3, 0.4) is 0 Å². The molecule has 0 aromatic carbocycles. The third-order valence-electron chi connectivity index (χ3n) is 5.03. The molecule has 2 aliphatic rings. The Kier molecular flexibility index (Phi) is 7.42. The highest BCUT2D eigenvalue weighted by Gasteiger charge is 2.22. The van der Waals surface area contributed by atoms with Gasteiger partial charge in [-0.05, 0) is 12.3 Å². The van der Waals surface area contributed by atoms with Crippen molar-refractivity contribution >= 4 is 5.96 Å². The molecule has 1 saturated heterocycles. The number of hydrogen-bond acceptors (Lipinski definition) is 6.